The summed E-state index contributed by atoms with van der Waals surface area (Å²) in [5.74, 6) is 1.87. The lowest BCUT2D eigenvalue weighted by Gasteiger charge is -2.36. The minimum Gasteiger partial charge on any atom is -0.343 e. The Morgan fingerprint density at radius 3 is 2.83 bits per heavy atom. The van der Waals surface area contributed by atoms with E-state index in [1.54, 1.807) is 0 Å². The highest BCUT2D eigenvalue weighted by Crippen LogP contribution is 2.19. The topological polar surface area (TPSA) is 52.2 Å². The fraction of sp³-hybridized carbons (Fsp3) is 0.529. The van der Waals surface area contributed by atoms with Crippen LogP contribution in [0.4, 0.5) is 0 Å². The minimum absolute atomic E-state index is 0.235. The number of piperidine rings is 1. The average molecular weight is 332 g/mol. The van der Waals surface area contributed by atoms with Crippen molar-refractivity contribution in [2.45, 2.75) is 31.8 Å². The van der Waals surface area contributed by atoms with Crippen LogP contribution in [0, 0.1) is 0 Å². The van der Waals surface area contributed by atoms with Crippen LogP contribution >= 0.6 is 12.6 Å². The molecule has 0 aliphatic carbocycles. The van der Waals surface area contributed by atoms with Gasteiger partial charge in [-0.1, -0.05) is 12.1 Å². The maximum atomic E-state index is 11.9. The molecule has 3 rings (SSSR count). The van der Waals surface area contributed by atoms with Gasteiger partial charge in [0.25, 0.3) is 0 Å². The zero-order valence-corrected chi connectivity index (χ0v) is 14.4. The van der Waals surface area contributed by atoms with E-state index in [-0.39, 0.29) is 5.91 Å². The second kappa shape index (κ2) is 7.36. The monoisotopic (exact) mass is 332 g/mol. The van der Waals surface area contributed by atoms with Crippen molar-refractivity contribution in [2.75, 3.05) is 25.9 Å². The van der Waals surface area contributed by atoms with Crippen molar-refractivity contribution in [1.82, 2.24) is 19.8 Å². The summed E-state index contributed by atoms with van der Waals surface area (Å²) < 4.78 is 0. The molecule has 1 fully saturated rings. The summed E-state index contributed by atoms with van der Waals surface area (Å²) in [5.41, 5.74) is 2.10. The van der Waals surface area contributed by atoms with Gasteiger partial charge in [-0.2, -0.15) is 12.6 Å². The number of amides is 1. The quantitative estimate of drug-likeness (QED) is 0.826. The molecule has 1 aromatic carbocycles. The fourth-order valence-corrected chi connectivity index (χ4v) is 3.45. The van der Waals surface area contributed by atoms with Crippen molar-refractivity contribution >= 4 is 29.6 Å². The van der Waals surface area contributed by atoms with Gasteiger partial charge >= 0.3 is 0 Å². The minimum atomic E-state index is 0.235. The Hall–Kier alpha value is -1.53. The number of nitrogens with one attached hydrogen (secondary N) is 1. The molecule has 1 aromatic heterocycles. The Morgan fingerprint density at radius 1 is 1.39 bits per heavy atom. The zero-order valence-electron chi connectivity index (χ0n) is 13.5. The van der Waals surface area contributed by atoms with Crippen LogP contribution in [0.5, 0.6) is 0 Å². The number of aromatic nitrogens is 2. The molecule has 6 heteroatoms. The van der Waals surface area contributed by atoms with E-state index in [0.717, 1.165) is 49.3 Å². The SMILES string of the molecule is CN(Cc1nc2ccccc2[nH]1)C1CCN(C(=O)CCS)CC1. The lowest BCUT2D eigenvalue weighted by atomic mass is 10.0. The largest absolute Gasteiger partial charge is 0.343 e. The standard InChI is InChI=1S/C17H24N4OS/c1-20(12-16-18-14-4-2-3-5-15(14)19-16)13-6-9-21(10-7-13)17(22)8-11-23/h2-5,13,23H,6-12H2,1H3,(H,18,19). The van der Waals surface area contributed by atoms with E-state index >= 15 is 0 Å². The Kier molecular flexibility index (Phi) is 5.23. The van der Waals surface area contributed by atoms with Crippen molar-refractivity contribution in [2.24, 2.45) is 0 Å². The molecule has 0 spiro atoms. The van der Waals surface area contributed by atoms with Gasteiger partial charge < -0.3 is 9.88 Å². The van der Waals surface area contributed by atoms with E-state index in [0.29, 0.717) is 18.2 Å². The molecule has 1 amide bonds. The third-order valence-corrected chi connectivity index (χ3v) is 4.83. The maximum Gasteiger partial charge on any atom is 0.223 e. The summed E-state index contributed by atoms with van der Waals surface area (Å²) in [6.45, 7) is 2.51. The summed E-state index contributed by atoms with van der Waals surface area (Å²) in [7, 11) is 2.14. The number of H-pyrrole nitrogens is 1. The van der Waals surface area contributed by atoms with E-state index in [9.17, 15) is 4.79 Å². The van der Waals surface area contributed by atoms with Crippen LogP contribution in [0.2, 0.25) is 0 Å². The number of aromatic amines is 1. The van der Waals surface area contributed by atoms with Crippen molar-refractivity contribution in [3.05, 3.63) is 30.1 Å². The van der Waals surface area contributed by atoms with E-state index in [1.807, 2.05) is 23.1 Å². The van der Waals surface area contributed by atoms with Crippen molar-refractivity contribution in [3.8, 4) is 0 Å². The molecular weight excluding hydrogens is 308 g/mol. The number of carbonyl (C=O) groups excluding carboxylic acids is 1. The molecule has 0 atom stereocenters. The molecule has 1 saturated heterocycles. The summed E-state index contributed by atoms with van der Waals surface area (Å²) >= 11 is 4.14. The number of rotatable bonds is 5. The normalized spacial score (nSPS) is 16.4. The average Bonchev–Trinajstić information content (AvgIpc) is 2.97. The highest BCUT2D eigenvalue weighted by Gasteiger charge is 2.25. The predicted octanol–water partition coefficient (Wildman–Crippen LogP) is 2.31. The number of fused-ring (bicyclic) bond motifs is 1. The molecule has 2 heterocycles. The molecule has 0 unspecified atom stereocenters. The smallest absolute Gasteiger partial charge is 0.223 e. The number of benzene rings is 1. The summed E-state index contributed by atoms with van der Waals surface area (Å²) in [6, 6.07) is 8.61. The van der Waals surface area contributed by atoms with Crippen molar-refractivity contribution in [1.29, 1.82) is 0 Å². The number of nitrogens with zero attached hydrogens (tertiary/aromatic N) is 3. The highest BCUT2D eigenvalue weighted by molar-refractivity contribution is 7.80. The van der Waals surface area contributed by atoms with Crippen LogP contribution in [0.3, 0.4) is 0 Å². The number of carbonyl (C=O) groups is 1. The summed E-state index contributed by atoms with van der Waals surface area (Å²) in [5, 5.41) is 0. The van der Waals surface area contributed by atoms with Crippen molar-refractivity contribution < 1.29 is 4.79 Å². The Labute approximate surface area is 142 Å². The molecule has 0 radical (unpaired) electrons. The third kappa shape index (κ3) is 3.87. The molecule has 1 N–H and O–H groups in total. The van der Waals surface area contributed by atoms with Gasteiger partial charge in [-0.3, -0.25) is 9.69 Å². The summed E-state index contributed by atoms with van der Waals surface area (Å²) in [4.78, 5) is 24.3. The fourth-order valence-electron chi connectivity index (χ4n) is 3.26. The maximum absolute atomic E-state index is 11.9. The Bertz CT molecular complexity index is 630. The first-order valence-corrected chi connectivity index (χ1v) is 8.83. The number of hydrogen-bond acceptors (Lipinski definition) is 4. The van der Waals surface area contributed by atoms with Gasteiger partial charge in [0.05, 0.1) is 17.6 Å². The molecular formula is C17H24N4OS. The van der Waals surface area contributed by atoms with Gasteiger partial charge in [0.15, 0.2) is 0 Å². The van der Waals surface area contributed by atoms with Crippen LogP contribution in [0.15, 0.2) is 24.3 Å². The van der Waals surface area contributed by atoms with E-state index in [4.69, 9.17) is 0 Å². The Balaban J connectivity index is 1.55. The molecule has 23 heavy (non-hydrogen) atoms. The van der Waals surface area contributed by atoms with Gasteiger partial charge in [-0.15, -0.1) is 0 Å². The van der Waals surface area contributed by atoms with Gasteiger partial charge in [-0.25, -0.2) is 4.98 Å². The van der Waals surface area contributed by atoms with E-state index in [1.165, 1.54) is 0 Å². The number of para-hydroxylation sites is 2. The molecule has 0 saturated carbocycles. The lowest BCUT2D eigenvalue weighted by molar-refractivity contribution is -0.132. The molecule has 5 nitrogen and oxygen atoms in total. The highest BCUT2D eigenvalue weighted by atomic mass is 32.1. The molecule has 2 aromatic rings. The second-order valence-electron chi connectivity index (χ2n) is 6.20. The van der Waals surface area contributed by atoms with Crippen LogP contribution in [-0.4, -0.2) is 57.6 Å². The van der Waals surface area contributed by atoms with E-state index < -0.39 is 0 Å². The van der Waals surface area contributed by atoms with Crippen LogP contribution in [0.1, 0.15) is 25.1 Å². The number of likely N-dealkylation sites (tertiary alicyclic amines) is 1. The third-order valence-electron chi connectivity index (χ3n) is 4.60. The van der Waals surface area contributed by atoms with Crippen LogP contribution < -0.4 is 0 Å². The summed E-state index contributed by atoms with van der Waals surface area (Å²) in [6.07, 6.45) is 2.59. The number of thiol groups is 1. The first kappa shape index (κ1) is 16.3. The van der Waals surface area contributed by atoms with Crippen LogP contribution in [0.25, 0.3) is 11.0 Å². The van der Waals surface area contributed by atoms with Gasteiger partial charge in [0, 0.05) is 25.6 Å². The van der Waals surface area contributed by atoms with Gasteiger partial charge in [0.2, 0.25) is 5.91 Å². The first-order chi connectivity index (χ1) is 11.2. The zero-order chi connectivity index (χ0) is 16.2. The number of hydrogen-bond donors (Lipinski definition) is 2. The van der Waals surface area contributed by atoms with E-state index in [2.05, 4.69) is 40.6 Å². The van der Waals surface area contributed by atoms with Crippen LogP contribution in [-0.2, 0) is 11.3 Å². The molecule has 124 valence electrons. The molecule has 1 aliphatic rings. The van der Waals surface area contributed by atoms with Gasteiger partial charge in [-0.05, 0) is 37.8 Å². The molecule has 1 aliphatic heterocycles. The van der Waals surface area contributed by atoms with Crippen molar-refractivity contribution in [3.63, 3.8) is 0 Å². The number of imidazole rings is 1. The predicted molar refractivity (Wildman–Crippen MR) is 95.6 cm³/mol. The second-order valence-corrected chi connectivity index (χ2v) is 6.65. The molecule has 0 bridgehead atoms. The lowest BCUT2D eigenvalue weighted by Crippen LogP contribution is -2.45. The Morgan fingerprint density at radius 2 is 2.13 bits per heavy atom. The first-order valence-electron chi connectivity index (χ1n) is 8.20. The van der Waals surface area contributed by atoms with Gasteiger partial charge in [0.1, 0.15) is 5.82 Å².